The van der Waals surface area contributed by atoms with Crippen molar-refractivity contribution in [1.82, 2.24) is 10.2 Å². The predicted octanol–water partition coefficient (Wildman–Crippen LogP) is 5.12. The van der Waals surface area contributed by atoms with Crippen molar-refractivity contribution in [2.24, 2.45) is 11.8 Å². The molecular weight excluding hydrogens is 570 g/mol. The number of benzene rings is 3. The van der Waals surface area contributed by atoms with Crippen LogP contribution in [-0.2, 0) is 20.9 Å². The van der Waals surface area contributed by atoms with Crippen LogP contribution in [0.15, 0.2) is 78.9 Å². The molecule has 0 radical (unpaired) electrons. The first-order chi connectivity index (χ1) is 20.2. The summed E-state index contributed by atoms with van der Waals surface area (Å²) in [6, 6.07) is 22.7. The minimum atomic E-state index is -0.915. The molecule has 218 valence electrons. The number of para-hydroxylation sites is 1. The van der Waals surface area contributed by atoms with Crippen molar-refractivity contribution in [1.29, 1.82) is 0 Å². The van der Waals surface area contributed by atoms with E-state index in [1.807, 2.05) is 86.6 Å². The van der Waals surface area contributed by atoms with Gasteiger partial charge in [-0.25, -0.2) is 0 Å². The summed E-state index contributed by atoms with van der Waals surface area (Å²) >= 11 is 8.10. The van der Waals surface area contributed by atoms with Gasteiger partial charge < -0.3 is 20.6 Å². The maximum absolute atomic E-state index is 14.6. The Kier molecular flexibility index (Phi) is 7.58. The van der Waals surface area contributed by atoms with Crippen molar-refractivity contribution in [3.63, 3.8) is 0 Å². The first-order valence-electron chi connectivity index (χ1n) is 14.3. The molecule has 3 aliphatic heterocycles. The molecular formula is C33H34ClN3O4S. The van der Waals surface area contributed by atoms with Crippen LogP contribution in [0.2, 0.25) is 5.02 Å². The lowest BCUT2D eigenvalue weighted by Crippen LogP contribution is -2.53. The molecule has 3 fully saturated rings. The van der Waals surface area contributed by atoms with E-state index in [0.717, 1.165) is 16.7 Å². The third-order valence-corrected chi connectivity index (χ3v) is 11.5. The fourth-order valence-electron chi connectivity index (χ4n) is 7.31. The number of nitrogens with zero attached hydrogens (tertiary/aromatic N) is 1. The first-order valence-corrected chi connectivity index (χ1v) is 15.5. The van der Waals surface area contributed by atoms with Crippen molar-refractivity contribution in [2.75, 3.05) is 11.9 Å². The van der Waals surface area contributed by atoms with Crippen molar-refractivity contribution >= 4 is 46.8 Å². The molecule has 3 aliphatic rings. The van der Waals surface area contributed by atoms with E-state index < -0.39 is 33.4 Å². The minimum absolute atomic E-state index is 0.183. The average Bonchev–Trinajstić information content (AvgIpc) is 3.56. The fraction of sp³-hybridized carbons (Fsp3) is 0.364. The second kappa shape index (κ2) is 11.1. The van der Waals surface area contributed by atoms with Gasteiger partial charge in [0.05, 0.1) is 39.9 Å². The molecule has 0 aliphatic carbocycles. The maximum atomic E-state index is 14.6. The molecule has 3 N–H and O–H groups in total. The van der Waals surface area contributed by atoms with E-state index in [1.165, 1.54) is 0 Å². The van der Waals surface area contributed by atoms with Gasteiger partial charge in [-0.15, -0.1) is 11.8 Å². The number of thioether (sulfide) groups is 1. The Morgan fingerprint density at radius 1 is 1.02 bits per heavy atom. The Balaban J connectivity index is 1.40. The Labute approximate surface area is 255 Å². The number of likely N-dealkylation sites (tertiary alicyclic amines) is 1. The molecule has 3 aromatic carbocycles. The van der Waals surface area contributed by atoms with E-state index in [1.54, 1.807) is 22.7 Å². The van der Waals surface area contributed by atoms with Crippen molar-refractivity contribution in [3.8, 4) is 0 Å². The standard InChI is InChI=1S/C33H34ClN3O4S/c1-20-10-9-15-23(34)27(20)36-30(40)28-33-17-16-32(2,42-33)25(29(39)35-18-21-11-5-3-6-12-21)26(33)31(41)37(28)24(19-38)22-13-7-4-8-14-22/h3-15,24-26,28,38H,16-19H2,1-2H3,(H,35,39)(H,36,40)/t24-,25+,26+,28?,32-,33?/m1/s1. The number of aryl methyl sites for hydroxylation is 1. The number of amides is 3. The summed E-state index contributed by atoms with van der Waals surface area (Å²) < 4.78 is -1.34. The molecule has 2 unspecified atom stereocenters. The molecule has 3 heterocycles. The lowest BCUT2D eigenvalue weighted by atomic mass is 9.66. The van der Waals surface area contributed by atoms with Gasteiger partial charge in [0.1, 0.15) is 6.04 Å². The van der Waals surface area contributed by atoms with Crippen LogP contribution in [0.5, 0.6) is 0 Å². The van der Waals surface area contributed by atoms with Crippen LogP contribution in [-0.4, -0.2) is 49.9 Å². The monoisotopic (exact) mass is 603 g/mol. The summed E-state index contributed by atoms with van der Waals surface area (Å²) in [7, 11) is 0. The summed E-state index contributed by atoms with van der Waals surface area (Å²) in [6.45, 7) is 3.90. The van der Waals surface area contributed by atoms with Gasteiger partial charge in [-0.3, -0.25) is 14.4 Å². The molecule has 9 heteroatoms. The van der Waals surface area contributed by atoms with E-state index in [4.69, 9.17) is 11.6 Å². The number of hydrogen-bond donors (Lipinski definition) is 3. The number of nitrogens with one attached hydrogen (secondary N) is 2. The number of anilines is 1. The Morgan fingerprint density at radius 2 is 1.71 bits per heavy atom. The van der Waals surface area contributed by atoms with Gasteiger partial charge in [0.2, 0.25) is 17.7 Å². The van der Waals surface area contributed by atoms with Crippen LogP contribution in [0.1, 0.15) is 42.5 Å². The number of fused-ring (bicyclic) bond motifs is 1. The SMILES string of the molecule is Cc1cccc(Cl)c1NC(=O)C1N([C@H](CO)c2ccccc2)C(=O)[C@@H]2[C@@H](C(=O)NCc3ccccc3)[C@@]3(C)CCC12S3. The number of carbonyl (C=O) groups excluding carboxylic acids is 3. The zero-order valence-electron chi connectivity index (χ0n) is 23.5. The van der Waals surface area contributed by atoms with Gasteiger partial charge >= 0.3 is 0 Å². The highest BCUT2D eigenvalue weighted by atomic mass is 35.5. The van der Waals surface area contributed by atoms with Gasteiger partial charge in [-0.1, -0.05) is 84.4 Å². The van der Waals surface area contributed by atoms with Crippen LogP contribution in [0.3, 0.4) is 0 Å². The average molecular weight is 604 g/mol. The Morgan fingerprint density at radius 3 is 2.38 bits per heavy atom. The van der Waals surface area contributed by atoms with Gasteiger partial charge in [-0.05, 0) is 49.4 Å². The molecule has 3 aromatic rings. The van der Waals surface area contributed by atoms with Crippen molar-refractivity contribution in [3.05, 3.63) is 101 Å². The predicted molar refractivity (Wildman–Crippen MR) is 165 cm³/mol. The van der Waals surface area contributed by atoms with E-state index in [9.17, 15) is 19.5 Å². The van der Waals surface area contributed by atoms with E-state index in [-0.39, 0.29) is 24.3 Å². The largest absolute Gasteiger partial charge is 0.394 e. The number of aliphatic hydroxyl groups excluding tert-OH is 1. The second-order valence-corrected chi connectivity index (χ2v) is 14.0. The summed E-state index contributed by atoms with van der Waals surface area (Å²) in [4.78, 5) is 44.4. The molecule has 3 amide bonds. The molecule has 42 heavy (non-hydrogen) atoms. The van der Waals surface area contributed by atoms with Crippen molar-refractivity contribution < 1.29 is 19.5 Å². The van der Waals surface area contributed by atoms with E-state index in [0.29, 0.717) is 30.1 Å². The number of hydrogen-bond acceptors (Lipinski definition) is 5. The number of aliphatic hydroxyl groups is 1. The van der Waals surface area contributed by atoms with Crippen LogP contribution < -0.4 is 10.6 Å². The number of halogens is 1. The molecule has 6 atom stereocenters. The first kappa shape index (κ1) is 28.8. The zero-order chi connectivity index (χ0) is 29.6. The van der Waals surface area contributed by atoms with E-state index in [2.05, 4.69) is 10.6 Å². The zero-order valence-corrected chi connectivity index (χ0v) is 25.1. The molecule has 0 saturated carbocycles. The molecule has 0 aromatic heterocycles. The van der Waals surface area contributed by atoms with Gasteiger partial charge in [0.15, 0.2) is 0 Å². The Bertz CT molecular complexity index is 1500. The molecule has 7 nitrogen and oxygen atoms in total. The fourth-order valence-corrected chi connectivity index (χ4v) is 9.92. The van der Waals surface area contributed by atoms with E-state index >= 15 is 0 Å². The van der Waals surface area contributed by atoms with Crippen LogP contribution >= 0.6 is 23.4 Å². The lowest BCUT2D eigenvalue weighted by molar-refractivity contribution is -0.142. The quantitative estimate of drug-likeness (QED) is 0.332. The highest BCUT2D eigenvalue weighted by molar-refractivity contribution is 8.02. The van der Waals surface area contributed by atoms with Crippen LogP contribution in [0, 0.1) is 18.8 Å². The summed E-state index contributed by atoms with van der Waals surface area (Å²) in [5.41, 5.74) is 3.00. The van der Waals surface area contributed by atoms with Crippen LogP contribution in [0.4, 0.5) is 5.69 Å². The number of rotatable bonds is 8. The van der Waals surface area contributed by atoms with Gasteiger partial charge in [0.25, 0.3) is 0 Å². The molecule has 1 spiro atoms. The number of carbonyl (C=O) groups is 3. The summed E-state index contributed by atoms with van der Waals surface area (Å²) in [5.74, 6) is -2.15. The smallest absolute Gasteiger partial charge is 0.248 e. The maximum Gasteiger partial charge on any atom is 0.248 e. The van der Waals surface area contributed by atoms with Gasteiger partial charge in [-0.2, -0.15) is 0 Å². The molecule has 3 saturated heterocycles. The Hall–Kier alpha value is -3.33. The molecule has 6 rings (SSSR count). The normalized spacial score (nSPS) is 28.4. The third-order valence-electron chi connectivity index (χ3n) is 9.22. The van der Waals surface area contributed by atoms with Crippen LogP contribution in [0.25, 0.3) is 0 Å². The second-order valence-electron chi connectivity index (χ2n) is 11.7. The van der Waals surface area contributed by atoms with Crippen molar-refractivity contribution in [2.45, 2.75) is 54.8 Å². The molecule has 2 bridgehead atoms. The minimum Gasteiger partial charge on any atom is -0.394 e. The highest BCUT2D eigenvalue weighted by Crippen LogP contribution is 2.72. The topological polar surface area (TPSA) is 98.7 Å². The summed E-state index contributed by atoms with van der Waals surface area (Å²) in [5, 5.41) is 17.2. The highest BCUT2D eigenvalue weighted by Gasteiger charge is 2.77. The summed E-state index contributed by atoms with van der Waals surface area (Å²) in [6.07, 6.45) is 1.30. The lowest BCUT2D eigenvalue weighted by Gasteiger charge is -2.37. The third kappa shape index (κ3) is 4.60. The van der Waals surface area contributed by atoms with Gasteiger partial charge in [0, 0.05) is 11.3 Å².